The number of hydrogen-bond donors (Lipinski definition) is 0. The van der Waals surface area contributed by atoms with Gasteiger partial charge in [0.25, 0.3) is 15.9 Å². The van der Waals surface area contributed by atoms with Crippen molar-refractivity contribution in [2.45, 2.75) is 24.3 Å². The zero-order valence-electron chi connectivity index (χ0n) is 22.6. The lowest BCUT2D eigenvalue weighted by atomic mass is 9.96. The standard InChI is InChI=1S/C33H33N3O3S/c1-25-12-15-30(16-13-25)40(38,39)36-19-18-28-24-29(14-17-31(28)36)33(37)35-22-20-34(21-23-35)32(26-8-4-2-5-9-26)27-10-6-3-7-11-27/h2-17,24,32H,18-23H2,1H3. The number of amides is 1. The summed E-state index contributed by atoms with van der Waals surface area (Å²) in [6, 6.07) is 33.6. The van der Waals surface area contributed by atoms with Crippen LogP contribution in [-0.4, -0.2) is 56.8 Å². The molecule has 6 rings (SSSR count). The molecule has 7 heteroatoms. The predicted octanol–water partition coefficient (Wildman–Crippen LogP) is 5.29. The van der Waals surface area contributed by atoms with Gasteiger partial charge >= 0.3 is 0 Å². The first-order valence-electron chi connectivity index (χ1n) is 13.8. The number of benzene rings is 4. The number of carbonyl (C=O) groups excluding carboxylic acids is 1. The van der Waals surface area contributed by atoms with Crippen molar-refractivity contribution in [1.82, 2.24) is 9.80 Å². The van der Waals surface area contributed by atoms with Crippen molar-refractivity contribution < 1.29 is 13.2 Å². The Balaban J connectivity index is 1.16. The highest BCUT2D eigenvalue weighted by Crippen LogP contribution is 2.34. The molecule has 40 heavy (non-hydrogen) atoms. The number of fused-ring (bicyclic) bond motifs is 1. The molecule has 2 aliphatic heterocycles. The summed E-state index contributed by atoms with van der Waals surface area (Å²) in [6.45, 7) is 5.13. The summed E-state index contributed by atoms with van der Waals surface area (Å²) in [5.41, 5.74) is 5.68. The lowest BCUT2D eigenvalue weighted by Gasteiger charge is -2.40. The lowest BCUT2D eigenvalue weighted by Crippen LogP contribution is -2.49. The minimum Gasteiger partial charge on any atom is -0.336 e. The van der Waals surface area contributed by atoms with Crippen LogP contribution in [0, 0.1) is 6.92 Å². The molecule has 1 saturated heterocycles. The Bertz CT molecular complexity index is 1560. The van der Waals surface area contributed by atoms with Crippen molar-refractivity contribution in [3.8, 4) is 0 Å². The molecule has 0 saturated carbocycles. The van der Waals surface area contributed by atoms with Gasteiger partial charge in [-0.1, -0.05) is 78.4 Å². The second-order valence-electron chi connectivity index (χ2n) is 10.5. The van der Waals surface area contributed by atoms with Crippen molar-refractivity contribution in [3.63, 3.8) is 0 Å². The molecule has 0 bridgehead atoms. The average Bonchev–Trinajstić information content (AvgIpc) is 3.43. The Morgan fingerprint density at radius 2 is 1.32 bits per heavy atom. The smallest absolute Gasteiger partial charge is 0.264 e. The zero-order valence-corrected chi connectivity index (χ0v) is 23.4. The SMILES string of the molecule is Cc1ccc(S(=O)(=O)N2CCc3cc(C(=O)N4CCN(C(c5ccccc5)c5ccccc5)CC4)ccc32)cc1. The van der Waals surface area contributed by atoms with Gasteiger partial charge in [0.15, 0.2) is 0 Å². The summed E-state index contributed by atoms with van der Waals surface area (Å²) in [5, 5.41) is 0. The summed E-state index contributed by atoms with van der Waals surface area (Å²) in [7, 11) is -3.65. The lowest BCUT2D eigenvalue weighted by molar-refractivity contribution is 0.0597. The number of aryl methyl sites for hydroxylation is 1. The van der Waals surface area contributed by atoms with Gasteiger partial charge in [-0.25, -0.2) is 8.42 Å². The van der Waals surface area contributed by atoms with Crippen LogP contribution in [0.4, 0.5) is 5.69 Å². The van der Waals surface area contributed by atoms with Crippen LogP contribution in [0.25, 0.3) is 0 Å². The molecule has 0 spiro atoms. The minimum absolute atomic E-state index is 0.00161. The van der Waals surface area contributed by atoms with E-state index in [0.717, 1.165) is 24.2 Å². The van der Waals surface area contributed by atoms with E-state index in [1.807, 2.05) is 42.2 Å². The van der Waals surface area contributed by atoms with Crippen molar-refractivity contribution in [3.05, 3.63) is 131 Å². The quantitative estimate of drug-likeness (QED) is 0.327. The zero-order chi connectivity index (χ0) is 27.7. The summed E-state index contributed by atoms with van der Waals surface area (Å²) < 4.78 is 28.1. The molecule has 2 heterocycles. The highest BCUT2D eigenvalue weighted by atomic mass is 32.2. The fourth-order valence-electron chi connectivity index (χ4n) is 5.84. The molecule has 0 N–H and O–H groups in total. The Morgan fingerprint density at radius 3 is 1.93 bits per heavy atom. The van der Waals surface area contributed by atoms with Crippen LogP contribution in [0.15, 0.2) is 108 Å². The molecule has 0 radical (unpaired) electrons. The van der Waals surface area contributed by atoms with Crippen LogP contribution in [-0.2, 0) is 16.4 Å². The van der Waals surface area contributed by atoms with Crippen LogP contribution in [0.1, 0.15) is 38.7 Å². The molecule has 0 atom stereocenters. The van der Waals surface area contributed by atoms with Gasteiger partial charge in [0.05, 0.1) is 16.6 Å². The van der Waals surface area contributed by atoms with Crippen molar-refractivity contribution in [1.29, 1.82) is 0 Å². The van der Waals surface area contributed by atoms with Crippen molar-refractivity contribution >= 4 is 21.6 Å². The number of nitrogens with zero attached hydrogens (tertiary/aromatic N) is 3. The summed E-state index contributed by atoms with van der Waals surface area (Å²) in [6.07, 6.45) is 0.588. The van der Waals surface area contributed by atoms with Gasteiger partial charge in [-0.15, -0.1) is 0 Å². The van der Waals surface area contributed by atoms with Gasteiger partial charge < -0.3 is 4.90 Å². The first-order valence-corrected chi connectivity index (χ1v) is 15.2. The summed E-state index contributed by atoms with van der Waals surface area (Å²) in [5.74, 6) is -0.00161. The second-order valence-corrected chi connectivity index (χ2v) is 12.4. The van der Waals surface area contributed by atoms with E-state index in [4.69, 9.17) is 0 Å². The van der Waals surface area contributed by atoms with Crippen molar-refractivity contribution in [2.24, 2.45) is 0 Å². The maximum absolute atomic E-state index is 13.5. The molecule has 4 aromatic carbocycles. The first kappa shape index (κ1) is 26.3. The monoisotopic (exact) mass is 551 g/mol. The minimum atomic E-state index is -3.65. The van der Waals surface area contributed by atoms with E-state index < -0.39 is 10.0 Å². The molecule has 0 unspecified atom stereocenters. The molecular formula is C33H33N3O3S. The number of hydrogen-bond acceptors (Lipinski definition) is 4. The van der Waals surface area contributed by atoms with Gasteiger partial charge in [-0.3, -0.25) is 14.0 Å². The highest BCUT2D eigenvalue weighted by molar-refractivity contribution is 7.92. The van der Waals surface area contributed by atoms with Crippen molar-refractivity contribution in [2.75, 3.05) is 37.0 Å². The molecule has 0 aliphatic carbocycles. The van der Waals surface area contributed by atoms with Crippen LogP contribution in [0.5, 0.6) is 0 Å². The van der Waals surface area contributed by atoms with E-state index >= 15 is 0 Å². The van der Waals surface area contributed by atoms with Gasteiger partial charge in [0.1, 0.15) is 0 Å². The third kappa shape index (κ3) is 5.03. The Morgan fingerprint density at radius 1 is 0.725 bits per heavy atom. The molecule has 1 amide bonds. The fraction of sp³-hybridized carbons (Fsp3) is 0.242. The maximum atomic E-state index is 13.5. The molecule has 204 valence electrons. The van der Waals surface area contributed by atoms with Crippen LogP contribution < -0.4 is 4.31 Å². The Hall–Kier alpha value is -3.94. The first-order chi connectivity index (χ1) is 19.4. The van der Waals surface area contributed by atoms with Crippen LogP contribution in [0.3, 0.4) is 0 Å². The predicted molar refractivity (Wildman–Crippen MR) is 158 cm³/mol. The number of anilines is 1. The summed E-state index contributed by atoms with van der Waals surface area (Å²) >= 11 is 0. The van der Waals surface area contributed by atoms with Crippen LogP contribution >= 0.6 is 0 Å². The van der Waals surface area contributed by atoms with Gasteiger partial charge in [0.2, 0.25) is 0 Å². The third-order valence-electron chi connectivity index (χ3n) is 7.99. The topological polar surface area (TPSA) is 60.9 Å². The van der Waals surface area contributed by atoms with E-state index in [0.29, 0.717) is 37.3 Å². The van der Waals surface area contributed by atoms with Gasteiger partial charge in [0, 0.05) is 38.3 Å². The third-order valence-corrected chi connectivity index (χ3v) is 9.81. The molecule has 4 aromatic rings. The average molecular weight is 552 g/mol. The largest absolute Gasteiger partial charge is 0.336 e. The summed E-state index contributed by atoms with van der Waals surface area (Å²) in [4.78, 5) is 18.2. The number of rotatable bonds is 6. The van der Waals surface area contributed by atoms with Crippen LogP contribution in [0.2, 0.25) is 0 Å². The van der Waals surface area contributed by atoms with E-state index in [-0.39, 0.29) is 16.8 Å². The molecular weight excluding hydrogens is 518 g/mol. The number of carbonyl (C=O) groups is 1. The molecule has 0 aromatic heterocycles. The second kappa shape index (κ2) is 10.9. The van der Waals surface area contributed by atoms with E-state index in [1.54, 1.807) is 24.3 Å². The van der Waals surface area contributed by atoms with E-state index in [9.17, 15) is 13.2 Å². The highest BCUT2D eigenvalue weighted by Gasteiger charge is 2.33. The van der Waals surface area contributed by atoms with Gasteiger partial charge in [-0.05, 0) is 60.4 Å². The molecule has 2 aliphatic rings. The Kier molecular flexibility index (Phi) is 7.17. The fourth-order valence-corrected chi connectivity index (χ4v) is 7.35. The van der Waals surface area contributed by atoms with Gasteiger partial charge in [-0.2, -0.15) is 0 Å². The normalized spacial score (nSPS) is 15.8. The molecule has 6 nitrogen and oxygen atoms in total. The molecule has 1 fully saturated rings. The van der Waals surface area contributed by atoms with E-state index in [2.05, 4.69) is 53.4 Å². The Labute approximate surface area is 236 Å². The maximum Gasteiger partial charge on any atom is 0.264 e. The number of piperazine rings is 1. The number of sulfonamides is 1. The van der Waals surface area contributed by atoms with E-state index in [1.165, 1.54) is 15.4 Å².